The summed E-state index contributed by atoms with van der Waals surface area (Å²) in [5, 5.41) is 2.86. The minimum atomic E-state index is -0.557. The summed E-state index contributed by atoms with van der Waals surface area (Å²) in [6.45, 7) is 1.68. The molecule has 0 saturated carbocycles. The lowest BCUT2D eigenvalue weighted by Crippen LogP contribution is -2.49. The van der Waals surface area contributed by atoms with E-state index in [1.54, 1.807) is 6.07 Å². The van der Waals surface area contributed by atoms with Crippen LogP contribution in [-0.4, -0.2) is 25.7 Å². The van der Waals surface area contributed by atoms with Crippen molar-refractivity contribution in [2.45, 2.75) is 19.4 Å². The normalized spacial score (nSPS) is 16.9. The Bertz CT molecular complexity index is 496. The first-order valence-corrected chi connectivity index (χ1v) is 7.37. The zero-order valence-corrected chi connectivity index (χ0v) is 13.9. The van der Waals surface area contributed by atoms with E-state index in [4.69, 9.17) is 10.5 Å². The maximum atomic E-state index is 13.2. The standard InChI is InChI=1S/C14H18BrFN2O2.ClH/c15-12-2-1-11(16)7-10(12)8-18-13(19)14(9-17)3-5-20-6-4-14;/h1-2,7H,3-6,8-9,17H2,(H,18,19);1H. The molecule has 0 aliphatic carbocycles. The van der Waals surface area contributed by atoms with Gasteiger partial charge in [0.05, 0.1) is 5.41 Å². The molecule has 4 nitrogen and oxygen atoms in total. The van der Waals surface area contributed by atoms with E-state index in [1.165, 1.54) is 12.1 Å². The molecule has 0 atom stereocenters. The first-order chi connectivity index (χ1) is 9.57. The molecule has 7 heteroatoms. The fraction of sp³-hybridized carbons (Fsp3) is 0.500. The van der Waals surface area contributed by atoms with Crippen molar-refractivity contribution in [2.24, 2.45) is 11.1 Å². The average molecular weight is 382 g/mol. The molecule has 0 aromatic heterocycles. The molecular weight excluding hydrogens is 363 g/mol. The van der Waals surface area contributed by atoms with Crippen LogP contribution in [0.2, 0.25) is 0 Å². The fourth-order valence-corrected chi connectivity index (χ4v) is 2.71. The number of hydrogen-bond donors (Lipinski definition) is 2. The van der Waals surface area contributed by atoms with E-state index in [0.29, 0.717) is 38.2 Å². The lowest BCUT2D eigenvalue weighted by molar-refractivity contribution is -0.136. The molecular formula is C14H19BrClFN2O2. The number of benzene rings is 1. The van der Waals surface area contributed by atoms with E-state index in [-0.39, 0.29) is 30.7 Å². The van der Waals surface area contributed by atoms with Crippen LogP contribution in [0.25, 0.3) is 0 Å². The zero-order valence-electron chi connectivity index (χ0n) is 11.5. The third kappa shape index (κ3) is 4.39. The van der Waals surface area contributed by atoms with Crippen molar-refractivity contribution in [1.29, 1.82) is 0 Å². The number of nitrogens with one attached hydrogen (secondary N) is 1. The molecule has 1 aliphatic rings. The molecule has 0 radical (unpaired) electrons. The number of carbonyl (C=O) groups is 1. The summed E-state index contributed by atoms with van der Waals surface area (Å²) in [4.78, 5) is 12.4. The van der Waals surface area contributed by atoms with Gasteiger partial charge in [0.25, 0.3) is 0 Å². The summed E-state index contributed by atoms with van der Waals surface area (Å²) in [5.74, 6) is -0.406. The maximum Gasteiger partial charge on any atom is 0.227 e. The summed E-state index contributed by atoms with van der Waals surface area (Å²) in [6, 6.07) is 4.41. The van der Waals surface area contributed by atoms with Gasteiger partial charge in [-0.05, 0) is 36.6 Å². The van der Waals surface area contributed by atoms with Crippen LogP contribution < -0.4 is 11.1 Å². The van der Waals surface area contributed by atoms with Crippen LogP contribution in [0.4, 0.5) is 4.39 Å². The van der Waals surface area contributed by atoms with Gasteiger partial charge in [0.15, 0.2) is 0 Å². The Balaban J connectivity index is 0.00000220. The molecule has 1 aromatic carbocycles. The topological polar surface area (TPSA) is 64.4 Å². The first-order valence-electron chi connectivity index (χ1n) is 6.57. The van der Waals surface area contributed by atoms with Crippen LogP contribution in [0.3, 0.4) is 0 Å². The van der Waals surface area contributed by atoms with Crippen LogP contribution in [0.15, 0.2) is 22.7 Å². The highest BCUT2D eigenvalue weighted by atomic mass is 79.9. The highest BCUT2D eigenvalue weighted by molar-refractivity contribution is 9.10. The molecule has 118 valence electrons. The second kappa shape index (κ2) is 8.08. The van der Waals surface area contributed by atoms with Crippen molar-refractivity contribution < 1.29 is 13.9 Å². The fourth-order valence-electron chi connectivity index (χ4n) is 2.33. The summed E-state index contributed by atoms with van der Waals surface area (Å²) in [5.41, 5.74) is 5.93. The average Bonchev–Trinajstić information content (AvgIpc) is 2.48. The van der Waals surface area contributed by atoms with Crippen LogP contribution in [0, 0.1) is 11.2 Å². The second-order valence-electron chi connectivity index (χ2n) is 5.02. The summed E-state index contributed by atoms with van der Waals surface area (Å²) in [6.07, 6.45) is 1.25. The monoisotopic (exact) mass is 380 g/mol. The number of nitrogens with two attached hydrogens (primary N) is 1. The maximum absolute atomic E-state index is 13.2. The Morgan fingerprint density at radius 1 is 1.43 bits per heavy atom. The van der Waals surface area contributed by atoms with E-state index in [1.807, 2.05) is 0 Å². The Morgan fingerprint density at radius 3 is 2.71 bits per heavy atom. The van der Waals surface area contributed by atoms with E-state index in [2.05, 4.69) is 21.2 Å². The Kier molecular flexibility index (Phi) is 7.06. The second-order valence-corrected chi connectivity index (χ2v) is 5.87. The molecule has 2 rings (SSSR count). The minimum Gasteiger partial charge on any atom is -0.381 e. The van der Waals surface area contributed by atoms with E-state index < -0.39 is 5.41 Å². The van der Waals surface area contributed by atoms with Gasteiger partial charge in [-0.25, -0.2) is 4.39 Å². The first kappa shape index (κ1) is 18.4. The predicted octanol–water partition coefficient (Wildman–Crippen LogP) is 2.38. The number of hydrogen-bond acceptors (Lipinski definition) is 3. The smallest absolute Gasteiger partial charge is 0.227 e. The molecule has 0 spiro atoms. The third-order valence-electron chi connectivity index (χ3n) is 3.77. The number of rotatable bonds is 4. The Hall–Kier alpha value is -0.690. The largest absolute Gasteiger partial charge is 0.381 e. The SMILES string of the molecule is Cl.NCC1(C(=O)NCc2cc(F)ccc2Br)CCOCC1. The van der Waals surface area contributed by atoms with Crippen LogP contribution in [0.1, 0.15) is 18.4 Å². The molecule has 1 amide bonds. The number of carbonyl (C=O) groups excluding carboxylic acids is 1. The molecule has 1 fully saturated rings. The van der Waals surface area contributed by atoms with E-state index >= 15 is 0 Å². The minimum absolute atomic E-state index is 0. The summed E-state index contributed by atoms with van der Waals surface area (Å²) < 4.78 is 19.3. The Morgan fingerprint density at radius 2 is 2.10 bits per heavy atom. The highest BCUT2D eigenvalue weighted by Crippen LogP contribution is 2.29. The number of halogens is 3. The van der Waals surface area contributed by atoms with Crippen molar-refractivity contribution in [3.63, 3.8) is 0 Å². The quantitative estimate of drug-likeness (QED) is 0.841. The summed E-state index contributed by atoms with van der Waals surface area (Å²) in [7, 11) is 0. The van der Waals surface area contributed by atoms with Gasteiger partial charge in [0.1, 0.15) is 5.82 Å². The van der Waals surface area contributed by atoms with Gasteiger partial charge >= 0.3 is 0 Å². The van der Waals surface area contributed by atoms with Crippen LogP contribution in [0.5, 0.6) is 0 Å². The van der Waals surface area contributed by atoms with Crippen LogP contribution >= 0.6 is 28.3 Å². The molecule has 3 N–H and O–H groups in total. The molecule has 1 aliphatic heterocycles. The van der Waals surface area contributed by atoms with E-state index in [0.717, 1.165) is 4.47 Å². The van der Waals surface area contributed by atoms with Crippen molar-refractivity contribution in [1.82, 2.24) is 5.32 Å². The molecule has 0 bridgehead atoms. The van der Waals surface area contributed by atoms with Gasteiger partial charge < -0.3 is 15.8 Å². The number of amides is 1. The highest BCUT2D eigenvalue weighted by Gasteiger charge is 2.38. The van der Waals surface area contributed by atoms with Crippen molar-refractivity contribution in [3.05, 3.63) is 34.1 Å². The molecule has 21 heavy (non-hydrogen) atoms. The van der Waals surface area contributed by atoms with Crippen molar-refractivity contribution in [2.75, 3.05) is 19.8 Å². The molecule has 1 saturated heterocycles. The van der Waals surface area contributed by atoms with Gasteiger partial charge in [0, 0.05) is 30.8 Å². The van der Waals surface area contributed by atoms with Crippen LogP contribution in [-0.2, 0) is 16.1 Å². The van der Waals surface area contributed by atoms with Gasteiger partial charge in [0.2, 0.25) is 5.91 Å². The Labute approximate surface area is 138 Å². The zero-order chi connectivity index (χ0) is 14.6. The van der Waals surface area contributed by atoms with Crippen molar-refractivity contribution >= 4 is 34.2 Å². The molecule has 0 unspecified atom stereocenters. The van der Waals surface area contributed by atoms with Gasteiger partial charge in [-0.3, -0.25) is 4.79 Å². The van der Waals surface area contributed by atoms with E-state index in [9.17, 15) is 9.18 Å². The van der Waals surface area contributed by atoms with Gasteiger partial charge in [-0.15, -0.1) is 12.4 Å². The third-order valence-corrected chi connectivity index (χ3v) is 4.54. The van der Waals surface area contributed by atoms with Gasteiger partial charge in [-0.2, -0.15) is 0 Å². The summed E-state index contributed by atoms with van der Waals surface area (Å²) >= 11 is 3.34. The predicted molar refractivity (Wildman–Crippen MR) is 84.7 cm³/mol. The van der Waals surface area contributed by atoms with Gasteiger partial charge in [-0.1, -0.05) is 15.9 Å². The molecule has 1 aromatic rings. The van der Waals surface area contributed by atoms with Crippen molar-refractivity contribution in [3.8, 4) is 0 Å². The number of ether oxygens (including phenoxy) is 1. The molecule has 1 heterocycles. The lowest BCUT2D eigenvalue weighted by Gasteiger charge is -2.34. The lowest BCUT2D eigenvalue weighted by atomic mass is 9.79.